The van der Waals surface area contributed by atoms with Gasteiger partial charge < -0.3 is 15.2 Å². The molecule has 0 amide bonds. The van der Waals surface area contributed by atoms with Crippen molar-refractivity contribution in [3.63, 3.8) is 0 Å². The zero-order valence-corrected chi connectivity index (χ0v) is 17.2. The molecule has 0 saturated heterocycles. The molecule has 2 aromatic rings. The van der Waals surface area contributed by atoms with Gasteiger partial charge in [0, 0.05) is 42.6 Å². The molecule has 0 fully saturated rings. The molecule has 0 spiro atoms. The lowest BCUT2D eigenvalue weighted by Gasteiger charge is -2.10. The summed E-state index contributed by atoms with van der Waals surface area (Å²) in [7, 11) is 0. The van der Waals surface area contributed by atoms with E-state index in [1.165, 1.54) is 5.01 Å². The minimum absolute atomic E-state index is 0.470. The number of aliphatic imine (C=N–C) groups is 1. The second-order valence-electron chi connectivity index (χ2n) is 6.34. The van der Waals surface area contributed by atoms with Gasteiger partial charge in [-0.2, -0.15) is 0 Å². The number of aryl methyl sites for hydroxylation is 2. The molecule has 0 radical (unpaired) electrons. The van der Waals surface area contributed by atoms with Crippen LogP contribution in [0.5, 0.6) is 0 Å². The molecule has 7 heteroatoms. The van der Waals surface area contributed by atoms with Crippen LogP contribution < -0.4 is 10.6 Å². The van der Waals surface area contributed by atoms with E-state index in [1.807, 2.05) is 13.0 Å². The van der Waals surface area contributed by atoms with Crippen molar-refractivity contribution in [1.29, 1.82) is 0 Å². The van der Waals surface area contributed by atoms with Crippen LogP contribution in [0.1, 0.15) is 68.1 Å². The maximum atomic E-state index is 5.44. The fourth-order valence-electron chi connectivity index (χ4n) is 2.77. The van der Waals surface area contributed by atoms with Crippen molar-refractivity contribution in [2.45, 2.75) is 65.8 Å². The summed E-state index contributed by atoms with van der Waals surface area (Å²) in [6.07, 6.45) is 4.17. The fourth-order valence-corrected chi connectivity index (χ4v) is 3.58. The Morgan fingerprint density at radius 1 is 1.27 bits per heavy atom. The highest BCUT2D eigenvalue weighted by molar-refractivity contribution is 7.09. The third-order valence-corrected chi connectivity index (χ3v) is 5.27. The van der Waals surface area contributed by atoms with Gasteiger partial charge >= 0.3 is 0 Å². The van der Waals surface area contributed by atoms with Gasteiger partial charge in [0.05, 0.1) is 10.7 Å². The summed E-state index contributed by atoms with van der Waals surface area (Å²) < 4.78 is 5.44. The van der Waals surface area contributed by atoms with Crippen molar-refractivity contribution in [3.8, 4) is 0 Å². The molecule has 2 heterocycles. The third-order valence-electron chi connectivity index (χ3n) is 4.24. The van der Waals surface area contributed by atoms with Gasteiger partial charge in [0.1, 0.15) is 6.54 Å². The Kier molecular flexibility index (Phi) is 8.61. The number of nitrogens with zero attached hydrogens (tertiary/aromatic N) is 3. The number of aromatic nitrogens is 2. The smallest absolute Gasteiger partial charge is 0.191 e. The highest BCUT2D eigenvalue weighted by atomic mass is 32.1. The molecule has 0 bridgehead atoms. The lowest BCUT2D eigenvalue weighted by atomic mass is 9.99. The maximum Gasteiger partial charge on any atom is 0.191 e. The topological polar surface area (TPSA) is 75.3 Å². The molecular weight excluding hydrogens is 346 g/mol. The van der Waals surface area contributed by atoms with Crippen molar-refractivity contribution in [3.05, 3.63) is 33.6 Å². The van der Waals surface area contributed by atoms with Crippen LogP contribution in [0.25, 0.3) is 0 Å². The van der Waals surface area contributed by atoms with Crippen molar-refractivity contribution in [2.75, 3.05) is 13.1 Å². The summed E-state index contributed by atoms with van der Waals surface area (Å²) in [5, 5.41) is 14.1. The number of thiazole rings is 1. The highest BCUT2D eigenvalue weighted by Crippen LogP contribution is 2.22. The van der Waals surface area contributed by atoms with Gasteiger partial charge in [-0.15, -0.1) is 11.3 Å². The van der Waals surface area contributed by atoms with Crippen LogP contribution >= 0.6 is 11.3 Å². The van der Waals surface area contributed by atoms with Crippen LogP contribution in [0.4, 0.5) is 0 Å². The van der Waals surface area contributed by atoms with Crippen molar-refractivity contribution < 1.29 is 4.52 Å². The molecule has 144 valence electrons. The largest absolute Gasteiger partial charge is 0.359 e. The lowest BCUT2D eigenvalue weighted by Crippen LogP contribution is -2.37. The molecule has 2 aromatic heterocycles. The minimum Gasteiger partial charge on any atom is -0.359 e. The number of guanidine groups is 1. The molecule has 0 aliphatic heterocycles. The van der Waals surface area contributed by atoms with Gasteiger partial charge in [-0.25, -0.2) is 9.98 Å². The first kappa shape index (κ1) is 20.4. The first-order valence-electron chi connectivity index (χ1n) is 9.54. The van der Waals surface area contributed by atoms with Crippen LogP contribution in [0, 0.1) is 6.92 Å². The van der Waals surface area contributed by atoms with E-state index in [4.69, 9.17) is 4.52 Å². The number of nitrogens with one attached hydrogen (secondary N) is 2. The summed E-state index contributed by atoms with van der Waals surface area (Å²) in [4.78, 5) is 9.10. The van der Waals surface area contributed by atoms with E-state index in [0.717, 1.165) is 61.9 Å². The molecule has 2 rings (SSSR count). The number of hydrogen-bond acceptors (Lipinski definition) is 5. The van der Waals surface area contributed by atoms with E-state index in [1.54, 1.807) is 11.3 Å². The van der Waals surface area contributed by atoms with Gasteiger partial charge in [-0.1, -0.05) is 19.0 Å². The van der Waals surface area contributed by atoms with Crippen LogP contribution in [0.3, 0.4) is 0 Å². The van der Waals surface area contributed by atoms with E-state index >= 15 is 0 Å². The zero-order valence-electron chi connectivity index (χ0n) is 16.3. The molecule has 0 unspecified atom stereocenters. The van der Waals surface area contributed by atoms with Gasteiger partial charge in [0.2, 0.25) is 0 Å². The van der Waals surface area contributed by atoms with E-state index in [9.17, 15) is 0 Å². The third kappa shape index (κ3) is 6.44. The second kappa shape index (κ2) is 11.0. The van der Waals surface area contributed by atoms with Crippen molar-refractivity contribution in [1.82, 2.24) is 20.8 Å². The Morgan fingerprint density at radius 3 is 2.73 bits per heavy atom. The predicted octanol–water partition coefficient (Wildman–Crippen LogP) is 4.03. The van der Waals surface area contributed by atoms with Crippen LogP contribution in [0.2, 0.25) is 0 Å². The van der Waals surface area contributed by atoms with Gasteiger partial charge in [0.25, 0.3) is 0 Å². The molecule has 0 saturated carbocycles. The molecule has 0 aliphatic rings. The van der Waals surface area contributed by atoms with E-state index in [0.29, 0.717) is 12.5 Å². The molecule has 6 nitrogen and oxygen atoms in total. The Labute approximate surface area is 160 Å². The van der Waals surface area contributed by atoms with Crippen LogP contribution in [-0.2, 0) is 13.0 Å². The summed E-state index contributed by atoms with van der Waals surface area (Å²) in [6.45, 7) is 10.6. The van der Waals surface area contributed by atoms with Gasteiger partial charge in [-0.3, -0.25) is 0 Å². The molecule has 2 N–H and O–H groups in total. The normalized spacial score (nSPS) is 12.0. The molecule has 0 aromatic carbocycles. The number of rotatable bonds is 10. The Bertz CT molecular complexity index is 675. The maximum absolute atomic E-state index is 5.44. The second-order valence-corrected chi connectivity index (χ2v) is 7.28. The minimum atomic E-state index is 0.470. The molecular formula is C19H31N5OS. The Morgan fingerprint density at radius 2 is 2.08 bits per heavy atom. The highest BCUT2D eigenvalue weighted by Gasteiger charge is 2.12. The van der Waals surface area contributed by atoms with Gasteiger partial charge in [0.15, 0.2) is 11.7 Å². The average Bonchev–Trinajstić information content (AvgIpc) is 3.27. The zero-order chi connectivity index (χ0) is 18.8. The monoisotopic (exact) mass is 377 g/mol. The predicted molar refractivity (Wildman–Crippen MR) is 108 cm³/mol. The van der Waals surface area contributed by atoms with E-state index in [-0.39, 0.29) is 0 Å². The van der Waals surface area contributed by atoms with Crippen LogP contribution in [-0.4, -0.2) is 29.2 Å². The standard InChI is InChI=1S/C19H31N5OS/c1-5-15(6-2)17-11-16(25-24-17)12-22-19(20-7-3)21-10-8-9-18-23-14(4)13-26-18/h11,13,15H,5-10,12H2,1-4H3,(H2,20,21,22). The van der Waals surface area contributed by atoms with E-state index in [2.05, 4.69) is 51.9 Å². The summed E-state index contributed by atoms with van der Waals surface area (Å²) in [6, 6.07) is 2.04. The lowest BCUT2D eigenvalue weighted by molar-refractivity contribution is 0.372. The Hall–Kier alpha value is -1.89. The first-order chi connectivity index (χ1) is 12.7. The molecule has 0 aliphatic carbocycles. The van der Waals surface area contributed by atoms with E-state index < -0.39 is 0 Å². The quantitative estimate of drug-likeness (QED) is 0.371. The van der Waals surface area contributed by atoms with Crippen molar-refractivity contribution >= 4 is 17.3 Å². The SMILES string of the molecule is CCNC(=NCc1cc(C(CC)CC)no1)NCCCc1nc(C)cs1. The average molecular weight is 378 g/mol. The fraction of sp³-hybridized carbons (Fsp3) is 0.632. The van der Waals surface area contributed by atoms with Crippen molar-refractivity contribution in [2.24, 2.45) is 4.99 Å². The molecule has 26 heavy (non-hydrogen) atoms. The summed E-state index contributed by atoms with van der Waals surface area (Å²) >= 11 is 1.73. The first-order valence-corrected chi connectivity index (χ1v) is 10.4. The van der Waals surface area contributed by atoms with Crippen LogP contribution in [0.15, 0.2) is 21.0 Å². The summed E-state index contributed by atoms with van der Waals surface area (Å²) in [5.74, 6) is 2.09. The van der Waals surface area contributed by atoms with Gasteiger partial charge in [-0.05, 0) is 33.1 Å². The molecule has 0 atom stereocenters. The number of hydrogen-bond donors (Lipinski definition) is 2. The Balaban J connectivity index is 1.81. The summed E-state index contributed by atoms with van der Waals surface area (Å²) in [5.41, 5.74) is 2.14.